The maximum Gasteiger partial charge on any atom is 1.00 e. The molecule has 0 fully saturated rings. The van der Waals surface area contributed by atoms with Crippen LogP contribution in [0.25, 0.3) is 11.3 Å². The number of carbonyl (C=O) groups excluding carboxylic acids is 1. The molecule has 0 aliphatic carbocycles. The fourth-order valence-corrected chi connectivity index (χ4v) is 4.91. The van der Waals surface area contributed by atoms with Gasteiger partial charge < -0.3 is 23.9 Å². The van der Waals surface area contributed by atoms with Gasteiger partial charge in [-0.15, -0.1) is 0 Å². The van der Waals surface area contributed by atoms with Crippen LogP contribution >= 0.6 is 0 Å². The molecule has 0 aliphatic heterocycles. The van der Waals surface area contributed by atoms with Gasteiger partial charge in [0.05, 0.1) is 12.6 Å². The summed E-state index contributed by atoms with van der Waals surface area (Å²) in [6, 6.07) is 29.8. The summed E-state index contributed by atoms with van der Waals surface area (Å²) in [7, 11) is 0. The van der Waals surface area contributed by atoms with Crippen molar-refractivity contribution in [3.05, 3.63) is 108 Å². The normalized spacial score (nSPS) is 11.5. The second-order valence-corrected chi connectivity index (χ2v) is 10.3. The van der Waals surface area contributed by atoms with Gasteiger partial charge in [0, 0.05) is 24.4 Å². The third-order valence-corrected chi connectivity index (χ3v) is 7.19. The van der Waals surface area contributed by atoms with E-state index >= 15 is 0 Å². The molecule has 0 saturated heterocycles. The third-order valence-electron chi connectivity index (χ3n) is 7.19. The van der Waals surface area contributed by atoms with Crippen LogP contribution in [0.5, 0.6) is 11.5 Å². The number of unbranched alkanes of at least 4 members (excludes halogenated alkanes) is 3. The van der Waals surface area contributed by atoms with Gasteiger partial charge in [0.2, 0.25) is 0 Å². The van der Waals surface area contributed by atoms with E-state index in [1.807, 2.05) is 54.6 Å². The van der Waals surface area contributed by atoms with Gasteiger partial charge in [0.1, 0.15) is 17.6 Å². The first-order chi connectivity index (χ1) is 19.5. The van der Waals surface area contributed by atoms with E-state index in [-0.39, 0.29) is 36.0 Å². The Morgan fingerprint density at radius 1 is 0.805 bits per heavy atom. The van der Waals surface area contributed by atoms with Gasteiger partial charge in [-0.3, -0.25) is 0 Å². The van der Waals surface area contributed by atoms with Crippen molar-refractivity contribution >= 4 is 5.97 Å². The van der Waals surface area contributed by atoms with E-state index in [2.05, 4.69) is 54.8 Å². The Morgan fingerprint density at radius 2 is 1.51 bits per heavy atom. The van der Waals surface area contributed by atoms with Gasteiger partial charge in [0.15, 0.2) is 0 Å². The van der Waals surface area contributed by atoms with Crippen molar-refractivity contribution < 1.29 is 48.9 Å². The molecule has 6 heteroatoms. The molecule has 0 aliphatic rings. The van der Waals surface area contributed by atoms with Crippen molar-refractivity contribution in [2.24, 2.45) is 0 Å². The average Bonchev–Trinajstić information content (AvgIpc) is 3.34. The second-order valence-electron chi connectivity index (χ2n) is 10.3. The molecule has 4 aromatic rings. The van der Waals surface area contributed by atoms with Crippen molar-refractivity contribution in [2.45, 2.75) is 71.4 Å². The van der Waals surface area contributed by atoms with Crippen LogP contribution in [0.3, 0.4) is 0 Å². The minimum atomic E-state index is -1.22. The molecule has 41 heavy (non-hydrogen) atoms. The Bertz CT molecular complexity index is 1320. The predicted molar refractivity (Wildman–Crippen MR) is 159 cm³/mol. The standard InChI is InChI=1S/C35H41NO4.Na/c1-3-4-5-7-11-28-15-19-31(20-16-28)39-25-10-24-36-27(2)14-23-33(36)30-17-21-32(22-18-30)40-34(35(37)38)26-29-12-8-6-9-13-29;/h6,8-9,12-23,34H,3-5,7,10-11,24-26H2,1-2H3,(H,37,38);/q;+1/p-1/t34-;/m1./s1. The molecule has 1 atom stereocenters. The SMILES string of the molecule is CCCCCCc1ccc(OCCCn2c(C)ccc2-c2ccc(O[C@H](Cc3ccccc3)C(=O)[O-])cc2)cc1.[Na+]. The first-order valence-electron chi connectivity index (χ1n) is 14.4. The van der Waals surface area contributed by atoms with E-state index in [4.69, 9.17) is 9.47 Å². The molecule has 0 bridgehead atoms. The second kappa shape index (κ2) is 17.1. The fraction of sp³-hybridized carbons (Fsp3) is 0.343. The number of aryl methyl sites for hydroxylation is 2. The third kappa shape index (κ3) is 10.1. The number of aromatic nitrogens is 1. The summed E-state index contributed by atoms with van der Waals surface area (Å²) in [4.78, 5) is 11.7. The smallest absolute Gasteiger partial charge is 0.546 e. The molecule has 0 saturated carbocycles. The molecule has 0 amide bonds. The summed E-state index contributed by atoms with van der Waals surface area (Å²) >= 11 is 0. The first-order valence-corrected chi connectivity index (χ1v) is 14.4. The topological polar surface area (TPSA) is 63.5 Å². The van der Waals surface area contributed by atoms with E-state index in [0.29, 0.717) is 12.4 Å². The molecule has 5 nitrogen and oxygen atoms in total. The molecule has 210 valence electrons. The zero-order valence-corrected chi connectivity index (χ0v) is 26.7. The number of nitrogens with zero attached hydrogens (tertiary/aromatic N) is 1. The number of hydrogen-bond donors (Lipinski definition) is 0. The number of carboxylic acids is 1. The zero-order chi connectivity index (χ0) is 28.2. The van der Waals surface area contributed by atoms with Crippen LogP contribution in [-0.2, 0) is 24.2 Å². The van der Waals surface area contributed by atoms with Gasteiger partial charge in [0.25, 0.3) is 0 Å². The number of benzene rings is 3. The van der Waals surface area contributed by atoms with E-state index in [9.17, 15) is 9.90 Å². The van der Waals surface area contributed by atoms with Crippen LogP contribution in [0.4, 0.5) is 0 Å². The Morgan fingerprint density at radius 3 is 2.20 bits per heavy atom. The fourth-order valence-electron chi connectivity index (χ4n) is 4.91. The van der Waals surface area contributed by atoms with Gasteiger partial charge in [-0.05, 0) is 91.4 Å². The summed E-state index contributed by atoms with van der Waals surface area (Å²) in [5.41, 5.74) is 5.60. The number of rotatable bonds is 16. The largest absolute Gasteiger partial charge is 1.00 e. The summed E-state index contributed by atoms with van der Waals surface area (Å²) < 4.78 is 14.1. The average molecular weight is 562 g/mol. The number of hydrogen-bond acceptors (Lipinski definition) is 4. The van der Waals surface area contributed by atoms with Gasteiger partial charge in [-0.25, -0.2) is 0 Å². The minimum absolute atomic E-state index is 0. The maximum absolute atomic E-state index is 11.7. The van der Waals surface area contributed by atoms with Crippen LogP contribution in [0.2, 0.25) is 0 Å². The van der Waals surface area contributed by atoms with E-state index in [1.165, 1.54) is 36.9 Å². The van der Waals surface area contributed by atoms with Gasteiger partial charge in [-0.1, -0.05) is 68.7 Å². The Hall–Kier alpha value is -2.99. The predicted octanol–water partition coefficient (Wildman–Crippen LogP) is 3.80. The van der Waals surface area contributed by atoms with E-state index in [1.54, 1.807) is 0 Å². The summed E-state index contributed by atoms with van der Waals surface area (Å²) in [5.74, 6) is 0.196. The van der Waals surface area contributed by atoms with Crippen molar-refractivity contribution in [1.82, 2.24) is 4.57 Å². The Balaban J connectivity index is 0.00000462. The summed E-state index contributed by atoms with van der Waals surface area (Å²) in [5, 5.41) is 11.7. The molecule has 1 aromatic heterocycles. The quantitative estimate of drug-likeness (QED) is 0.154. The van der Waals surface area contributed by atoms with Crippen LogP contribution in [0.15, 0.2) is 91.0 Å². The minimum Gasteiger partial charge on any atom is -0.546 e. The first kappa shape index (κ1) is 32.5. The number of aliphatic carboxylic acids is 1. The summed E-state index contributed by atoms with van der Waals surface area (Å²) in [6.07, 6.45) is 6.33. The van der Waals surface area contributed by atoms with Crippen LogP contribution in [-0.4, -0.2) is 23.2 Å². The molecule has 3 aromatic carbocycles. The monoisotopic (exact) mass is 561 g/mol. The van der Waals surface area contributed by atoms with E-state index < -0.39 is 12.1 Å². The van der Waals surface area contributed by atoms with E-state index in [0.717, 1.165) is 42.0 Å². The number of carboxylic acid groups (broad SMARTS) is 1. The Labute approximate surface area is 266 Å². The molecule has 0 unspecified atom stereocenters. The molecule has 0 radical (unpaired) electrons. The van der Waals surface area contributed by atoms with Gasteiger partial charge >= 0.3 is 29.6 Å². The zero-order valence-electron chi connectivity index (χ0n) is 24.7. The van der Waals surface area contributed by atoms with Crippen LogP contribution in [0, 0.1) is 6.92 Å². The van der Waals surface area contributed by atoms with Crippen molar-refractivity contribution in [2.75, 3.05) is 6.61 Å². The number of carbonyl (C=O) groups is 1. The van der Waals surface area contributed by atoms with Crippen molar-refractivity contribution in [3.63, 3.8) is 0 Å². The Kier molecular flexibility index (Phi) is 13.5. The van der Waals surface area contributed by atoms with Gasteiger partial charge in [-0.2, -0.15) is 0 Å². The molecule has 4 rings (SSSR count). The molecule has 1 heterocycles. The maximum atomic E-state index is 11.7. The van der Waals surface area contributed by atoms with Crippen molar-refractivity contribution in [3.8, 4) is 22.8 Å². The summed E-state index contributed by atoms with van der Waals surface area (Å²) in [6.45, 7) is 5.83. The molecule has 0 N–H and O–H groups in total. The van der Waals surface area contributed by atoms with Crippen LogP contribution < -0.4 is 44.1 Å². The van der Waals surface area contributed by atoms with Crippen LogP contribution in [0.1, 0.15) is 55.8 Å². The number of ether oxygens (including phenoxy) is 2. The molecule has 0 spiro atoms. The molecular formula is C35H40NNaO4. The molecular weight excluding hydrogens is 521 g/mol. The van der Waals surface area contributed by atoms with Crippen molar-refractivity contribution in [1.29, 1.82) is 0 Å².